The molecule has 0 spiro atoms. The van der Waals surface area contributed by atoms with E-state index in [1.165, 1.54) is 11.3 Å². The monoisotopic (exact) mass is 525 g/mol. The number of aromatic hydroxyl groups is 1. The van der Waals surface area contributed by atoms with Crippen molar-refractivity contribution in [3.05, 3.63) is 85.8 Å². The highest BCUT2D eigenvalue weighted by molar-refractivity contribution is 9.10. The Morgan fingerprint density at radius 2 is 2.12 bits per heavy atom. The summed E-state index contributed by atoms with van der Waals surface area (Å²) < 4.78 is 13.7. The number of phenolic OH excluding ortho intramolecular Hbond substituents is 1. The van der Waals surface area contributed by atoms with E-state index in [1.807, 2.05) is 35.1 Å². The first kappa shape index (κ1) is 22.8. The largest absolute Gasteiger partial charge is 0.504 e. The molecule has 0 atom stereocenters. The standard InChI is InChI=1S/C24H20BrN3O4S/c1-3-9-28-19(18-12-16-11-17(25)6-8-21(16)32-23(18)30)14-33-24(28)27-26-13-15-5-7-20(29)22(10-15)31-4-2/h3,5-8,10-14,29H,1,4,9H2,2H3/b26-13+,27-24+. The van der Waals surface area contributed by atoms with Gasteiger partial charge >= 0.3 is 5.63 Å². The molecule has 33 heavy (non-hydrogen) atoms. The van der Waals surface area contributed by atoms with Crippen LogP contribution in [0.25, 0.3) is 22.2 Å². The Hall–Kier alpha value is -3.43. The Morgan fingerprint density at radius 3 is 2.91 bits per heavy atom. The Bertz CT molecular complexity index is 1480. The quantitative estimate of drug-likeness (QED) is 0.153. The van der Waals surface area contributed by atoms with Gasteiger partial charge in [-0.15, -0.1) is 23.0 Å². The number of hydrogen-bond acceptors (Lipinski definition) is 7. The van der Waals surface area contributed by atoms with Crippen LogP contribution in [0.1, 0.15) is 12.5 Å². The third-order valence-electron chi connectivity index (χ3n) is 4.71. The third-order valence-corrected chi connectivity index (χ3v) is 6.06. The second-order valence-corrected chi connectivity index (χ2v) is 8.69. The van der Waals surface area contributed by atoms with Crippen molar-refractivity contribution in [1.29, 1.82) is 0 Å². The smallest absolute Gasteiger partial charge is 0.345 e. The first-order valence-corrected chi connectivity index (χ1v) is 11.7. The molecule has 0 aliphatic rings. The summed E-state index contributed by atoms with van der Waals surface area (Å²) in [6, 6.07) is 12.2. The van der Waals surface area contributed by atoms with Crippen molar-refractivity contribution in [1.82, 2.24) is 4.57 Å². The summed E-state index contributed by atoms with van der Waals surface area (Å²) >= 11 is 4.81. The number of allylic oxidation sites excluding steroid dienone is 1. The van der Waals surface area contributed by atoms with Gasteiger partial charge in [-0.3, -0.25) is 0 Å². The normalized spacial score (nSPS) is 12.0. The van der Waals surface area contributed by atoms with Gasteiger partial charge in [-0.25, -0.2) is 4.79 Å². The van der Waals surface area contributed by atoms with Crippen LogP contribution in [0.15, 0.2) is 84.4 Å². The highest BCUT2D eigenvalue weighted by Gasteiger charge is 2.14. The fraction of sp³-hybridized carbons (Fsp3) is 0.125. The molecule has 0 saturated carbocycles. The number of nitrogens with zero attached hydrogens (tertiary/aromatic N) is 3. The maximum atomic E-state index is 12.7. The average molecular weight is 526 g/mol. The summed E-state index contributed by atoms with van der Waals surface area (Å²) in [6.07, 6.45) is 3.30. The summed E-state index contributed by atoms with van der Waals surface area (Å²) in [6.45, 7) is 6.55. The number of rotatable bonds is 7. The van der Waals surface area contributed by atoms with E-state index < -0.39 is 5.63 Å². The fourth-order valence-corrected chi connectivity index (χ4v) is 4.48. The van der Waals surface area contributed by atoms with Crippen LogP contribution in [0, 0.1) is 0 Å². The molecule has 9 heteroatoms. The fourth-order valence-electron chi connectivity index (χ4n) is 3.23. The molecule has 0 unspecified atom stereocenters. The molecule has 1 N–H and O–H groups in total. The molecule has 4 aromatic rings. The van der Waals surface area contributed by atoms with Crippen LogP contribution < -0.4 is 15.2 Å². The number of halogens is 1. The lowest BCUT2D eigenvalue weighted by atomic mass is 10.1. The van der Waals surface area contributed by atoms with Crippen molar-refractivity contribution >= 4 is 44.5 Å². The van der Waals surface area contributed by atoms with E-state index in [-0.39, 0.29) is 5.75 Å². The highest BCUT2D eigenvalue weighted by atomic mass is 79.9. The van der Waals surface area contributed by atoms with Crippen LogP contribution in [0.5, 0.6) is 11.5 Å². The lowest BCUT2D eigenvalue weighted by molar-refractivity contribution is 0.318. The molecule has 0 radical (unpaired) electrons. The SMILES string of the molecule is C=CCn1c(-c2cc3cc(Br)ccc3oc2=O)cs/c1=N/N=C/c1ccc(O)c(OCC)c1. The Kier molecular flexibility index (Phi) is 6.90. The zero-order chi connectivity index (χ0) is 23.4. The maximum Gasteiger partial charge on any atom is 0.345 e. The predicted octanol–water partition coefficient (Wildman–Crippen LogP) is 5.31. The number of phenols is 1. The number of thiazole rings is 1. The Balaban J connectivity index is 1.74. The zero-order valence-electron chi connectivity index (χ0n) is 17.7. The minimum atomic E-state index is -0.428. The van der Waals surface area contributed by atoms with Crippen LogP contribution in [0.3, 0.4) is 0 Å². The summed E-state index contributed by atoms with van der Waals surface area (Å²) in [5.74, 6) is 0.454. The summed E-state index contributed by atoms with van der Waals surface area (Å²) in [5, 5.41) is 21.0. The van der Waals surface area contributed by atoms with Crippen molar-refractivity contribution in [2.45, 2.75) is 13.5 Å². The van der Waals surface area contributed by atoms with Gasteiger partial charge < -0.3 is 18.8 Å². The molecule has 0 amide bonds. The first-order valence-electron chi connectivity index (χ1n) is 10.1. The van der Waals surface area contributed by atoms with Gasteiger partial charge in [-0.05, 0) is 55.0 Å². The number of aromatic nitrogens is 1. The van der Waals surface area contributed by atoms with Crippen LogP contribution in [0.4, 0.5) is 0 Å². The van der Waals surface area contributed by atoms with Gasteiger partial charge in [0.25, 0.3) is 0 Å². The van der Waals surface area contributed by atoms with Gasteiger partial charge in [-0.2, -0.15) is 5.10 Å². The topological polar surface area (TPSA) is 89.3 Å². The number of hydrogen-bond donors (Lipinski definition) is 1. The molecule has 2 heterocycles. The maximum absolute atomic E-state index is 12.7. The Labute approximate surface area is 201 Å². The molecule has 0 fully saturated rings. The molecule has 0 saturated heterocycles. The van der Waals surface area contributed by atoms with E-state index in [4.69, 9.17) is 9.15 Å². The molecule has 0 aliphatic heterocycles. The van der Waals surface area contributed by atoms with Gasteiger partial charge in [-0.1, -0.05) is 22.0 Å². The van der Waals surface area contributed by atoms with Crippen molar-refractivity contribution in [2.75, 3.05) is 6.61 Å². The van der Waals surface area contributed by atoms with Crippen LogP contribution in [-0.2, 0) is 6.54 Å². The van der Waals surface area contributed by atoms with Gasteiger partial charge in [0.05, 0.1) is 24.1 Å². The lowest BCUT2D eigenvalue weighted by Crippen LogP contribution is -2.17. The molecule has 4 rings (SSSR count). The van der Waals surface area contributed by atoms with Gasteiger partial charge in [0, 0.05) is 21.8 Å². The first-order chi connectivity index (χ1) is 16.0. The van der Waals surface area contributed by atoms with E-state index in [0.29, 0.717) is 40.5 Å². The predicted molar refractivity (Wildman–Crippen MR) is 134 cm³/mol. The van der Waals surface area contributed by atoms with E-state index >= 15 is 0 Å². The minimum absolute atomic E-state index is 0.0684. The molecule has 2 aromatic carbocycles. The van der Waals surface area contributed by atoms with E-state index in [2.05, 4.69) is 32.7 Å². The Morgan fingerprint density at radius 1 is 1.27 bits per heavy atom. The van der Waals surface area contributed by atoms with Crippen molar-refractivity contribution in [3.8, 4) is 22.8 Å². The molecular weight excluding hydrogens is 506 g/mol. The summed E-state index contributed by atoms with van der Waals surface area (Å²) in [7, 11) is 0. The minimum Gasteiger partial charge on any atom is -0.504 e. The molecule has 7 nitrogen and oxygen atoms in total. The van der Waals surface area contributed by atoms with Gasteiger partial charge in [0.15, 0.2) is 11.5 Å². The lowest BCUT2D eigenvalue weighted by Gasteiger charge is -2.06. The number of ether oxygens (including phenoxy) is 1. The summed E-state index contributed by atoms with van der Waals surface area (Å²) in [4.78, 5) is 13.3. The van der Waals surface area contributed by atoms with Crippen molar-refractivity contribution in [3.63, 3.8) is 0 Å². The van der Waals surface area contributed by atoms with E-state index in [9.17, 15) is 9.90 Å². The van der Waals surface area contributed by atoms with Crippen LogP contribution in [0.2, 0.25) is 0 Å². The van der Waals surface area contributed by atoms with E-state index in [0.717, 1.165) is 15.4 Å². The van der Waals surface area contributed by atoms with Crippen LogP contribution >= 0.6 is 27.3 Å². The molecule has 0 aliphatic carbocycles. The molecule has 0 bridgehead atoms. The number of benzene rings is 2. The van der Waals surface area contributed by atoms with Crippen LogP contribution in [-0.4, -0.2) is 22.5 Å². The van der Waals surface area contributed by atoms with E-state index in [1.54, 1.807) is 36.6 Å². The molecule has 2 aromatic heterocycles. The third kappa shape index (κ3) is 4.99. The molecule has 168 valence electrons. The summed E-state index contributed by atoms with van der Waals surface area (Å²) in [5.41, 5.74) is 1.93. The second-order valence-electron chi connectivity index (χ2n) is 6.94. The van der Waals surface area contributed by atoms with Crippen molar-refractivity contribution in [2.24, 2.45) is 10.2 Å². The van der Waals surface area contributed by atoms with Gasteiger partial charge in [0.1, 0.15) is 5.58 Å². The average Bonchev–Trinajstić information content (AvgIpc) is 3.18. The number of fused-ring (bicyclic) bond motifs is 1. The van der Waals surface area contributed by atoms with Gasteiger partial charge in [0.2, 0.25) is 4.80 Å². The highest BCUT2D eigenvalue weighted by Crippen LogP contribution is 2.26. The zero-order valence-corrected chi connectivity index (χ0v) is 20.1. The molecular formula is C24H20BrN3O4S. The second kappa shape index (κ2) is 10.0. The van der Waals surface area contributed by atoms with Crippen molar-refractivity contribution < 1.29 is 14.3 Å².